The van der Waals surface area contributed by atoms with E-state index in [1.807, 2.05) is 13.8 Å². The molecule has 1 aromatic rings. The van der Waals surface area contributed by atoms with Gasteiger partial charge >= 0.3 is 0 Å². The zero-order valence-electron chi connectivity index (χ0n) is 9.47. The predicted molar refractivity (Wildman–Crippen MR) is 69.3 cm³/mol. The molecule has 0 bridgehead atoms. The van der Waals surface area contributed by atoms with Crippen LogP contribution in [0.5, 0.6) is 0 Å². The maximum absolute atomic E-state index is 11.5. The molecule has 1 rings (SSSR count). The summed E-state index contributed by atoms with van der Waals surface area (Å²) in [5.74, 6) is -0.902. The molecule has 8 heteroatoms. The van der Waals surface area contributed by atoms with Crippen molar-refractivity contribution in [3.63, 3.8) is 0 Å². The maximum atomic E-state index is 11.5. The summed E-state index contributed by atoms with van der Waals surface area (Å²) in [7, 11) is 0. The van der Waals surface area contributed by atoms with E-state index in [0.29, 0.717) is 5.13 Å². The number of carbonyl (C=O) groups excluding carboxylic acids is 2. The zero-order valence-corrected chi connectivity index (χ0v) is 11.1. The average molecular weight is 279 g/mol. The smallest absolute Gasteiger partial charge is 0.268 e. The monoisotopic (exact) mass is 278 g/mol. The van der Waals surface area contributed by atoms with Gasteiger partial charge in [-0.25, -0.2) is 4.98 Å². The lowest BCUT2D eigenvalue weighted by atomic mass is 10.1. The Kier molecular flexibility index (Phi) is 6.08. The Morgan fingerprint density at radius 1 is 1.47 bits per heavy atom. The van der Waals surface area contributed by atoms with Gasteiger partial charge in [0.25, 0.3) is 5.91 Å². The molecule has 17 heavy (non-hydrogen) atoms. The van der Waals surface area contributed by atoms with Crippen LogP contribution in [0.4, 0.5) is 5.13 Å². The molecule has 1 aromatic heterocycles. The highest BCUT2D eigenvalue weighted by Gasteiger charge is 2.18. The van der Waals surface area contributed by atoms with Gasteiger partial charge in [0.05, 0.1) is 6.04 Å². The maximum Gasteiger partial charge on any atom is 0.268 e. The van der Waals surface area contributed by atoms with Gasteiger partial charge in [-0.15, -0.1) is 23.7 Å². The molecule has 2 amide bonds. The molecule has 0 aliphatic heterocycles. The van der Waals surface area contributed by atoms with Gasteiger partial charge in [0.15, 0.2) is 5.13 Å². The van der Waals surface area contributed by atoms with Gasteiger partial charge in [-0.2, -0.15) is 0 Å². The number of nitrogens with zero attached hydrogens (tertiary/aromatic N) is 1. The first kappa shape index (κ1) is 15.8. The highest BCUT2D eigenvalue weighted by molar-refractivity contribution is 7.14. The average Bonchev–Trinajstić information content (AvgIpc) is 2.64. The van der Waals surface area contributed by atoms with Crippen molar-refractivity contribution in [1.29, 1.82) is 0 Å². The van der Waals surface area contributed by atoms with E-state index in [9.17, 15) is 9.59 Å². The minimum atomic E-state index is -0.620. The van der Waals surface area contributed by atoms with E-state index in [2.05, 4.69) is 10.3 Å². The summed E-state index contributed by atoms with van der Waals surface area (Å²) in [6, 6.07) is -0.596. The van der Waals surface area contributed by atoms with E-state index >= 15 is 0 Å². The van der Waals surface area contributed by atoms with Crippen LogP contribution in [0.2, 0.25) is 0 Å². The Hall–Kier alpha value is -1.18. The molecular weight excluding hydrogens is 264 g/mol. The van der Waals surface area contributed by atoms with Crippen molar-refractivity contribution < 1.29 is 9.59 Å². The Bertz CT molecular complexity index is 407. The third kappa shape index (κ3) is 4.29. The Balaban J connectivity index is 0.00000256. The van der Waals surface area contributed by atoms with Crippen molar-refractivity contribution in [2.24, 2.45) is 17.4 Å². The summed E-state index contributed by atoms with van der Waals surface area (Å²) in [6.07, 6.45) is 0. The lowest BCUT2D eigenvalue weighted by Gasteiger charge is -2.13. The number of nitrogens with two attached hydrogens (primary N) is 2. The quantitative estimate of drug-likeness (QED) is 0.748. The van der Waals surface area contributed by atoms with Crippen LogP contribution in [0.1, 0.15) is 24.3 Å². The van der Waals surface area contributed by atoms with Crippen molar-refractivity contribution in [1.82, 2.24) is 4.98 Å². The third-order valence-electron chi connectivity index (χ3n) is 2.01. The van der Waals surface area contributed by atoms with Crippen LogP contribution in [-0.4, -0.2) is 22.8 Å². The van der Waals surface area contributed by atoms with Crippen molar-refractivity contribution in [3.8, 4) is 0 Å². The number of primary amides is 1. The molecular formula is C9H15ClN4O2S. The first-order valence-electron chi connectivity index (χ1n) is 4.73. The van der Waals surface area contributed by atoms with Crippen LogP contribution in [0.15, 0.2) is 5.38 Å². The third-order valence-corrected chi connectivity index (χ3v) is 2.77. The van der Waals surface area contributed by atoms with Crippen LogP contribution in [0, 0.1) is 5.92 Å². The van der Waals surface area contributed by atoms with Gasteiger partial charge in [-0.1, -0.05) is 13.8 Å². The Morgan fingerprint density at radius 2 is 2.06 bits per heavy atom. The first-order valence-corrected chi connectivity index (χ1v) is 5.61. The molecule has 0 aliphatic rings. The van der Waals surface area contributed by atoms with Crippen LogP contribution in [0.25, 0.3) is 0 Å². The van der Waals surface area contributed by atoms with Crippen LogP contribution >= 0.6 is 23.7 Å². The fourth-order valence-electron chi connectivity index (χ4n) is 0.936. The van der Waals surface area contributed by atoms with Gasteiger partial charge < -0.3 is 16.8 Å². The topological polar surface area (TPSA) is 111 Å². The fraction of sp³-hybridized carbons (Fsp3) is 0.444. The van der Waals surface area contributed by atoms with Gasteiger partial charge in [-0.05, 0) is 5.92 Å². The SMILES string of the molecule is CC(C)[C@H](N)C(=O)Nc1nc(C(N)=O)cs1.Cl. The van der Waals surface area contributed by atoms with Crippen molar-refractivity contribution in [2.75, 3.05) is 5.32 Å². The summed E-state index contributed by atoms with van der Waals surface area (Å²) < 4.78 is 0. The van der Waals surface area contributed by atoms with Gasteiger partial charge in [0.2, 0.25) is 5.91 Å². The van der Waals surface area contributed by atoms with Gasteiger partial charge in [0, 0.05) is 5.38 Å². The molecule has 0 saturated heterocycles. The van der Waals surface area contributed by atoms with Crippen LogP contribution < -0.4 is 16.8 Å². The molecule has 0 spiro atoms. The summed E-state index contributed by atoms with van der Waals surface area (Å²) >= 11 is 1.14. The molecule has 1 heterocycles. The van der Waals surface area contributed by atoms with Crippen LogP contribution in [-0.2, 0) is 4.79 Å². The summed E-state index contributed by atoms with van der Waals surface area (Å²) in [4.78, 5) is 26.2. The fourth-order valence-corrected chi connectivity index (χ4v) is 1.64. The van der Waals surface area contributed by atoms with E-state index in [1.54, 1.807) is 0 Å². The number of carbonyl (C=O) groups is 2. The van der Waals surface area contributed by atoms with Crippen LogP contribution in [0.3, 0.4) is 0 Å². The van der Waals surface area contributed by atoms with Crippen molar-refractivity contribution >= 4 is 40.7 Å². The molecule has 5 N–H and O–H groups in total. The molecule has 6 nitrogen and oxygen atoms in total. The molecule has 0 fully saturated rings. The number of hydrogen-bond acceptors (Lipinski definition) is 5. The Morgan fingerprint density at radius 3 is 2.47 bits per heavy atom. The number of anilines is 1. The molecule has 96 valence electrons. The van der Waals surface area contributed by atoms with Gasteiger partial charge in [-0.3, -0.25) is 9.59 Å². The number of thiazole rings is 1. The summed E-state index contributed by atoms with van der Waals surface area (Å²) in [6.45, 7) is 3.70. The lowest BCUT2D eigenvalue weighted by Crippen LogP contribution is -2.39. The summed E-state index contributed by atoms with van der Waals surface area (Å²) in [5, 5.41) is 4.35. The van der Waals surface area contributed by atoms with Crippen molar-refractivity contribution in [2.45, 2.75) is 19.9 Å². The minimum Gasteiger partial charge on any atom is -0.364 e. The lowest BCUT2D eigenvalue weighted by molar-refractivity contribution is -0.118. The highest BCUT2D eigenvalue weighted by Crippen LogP contribution is 2.15. The number of amides is 2. The van der Waals surface area contributed by atoms with E-state index in [1.165, 1.54) is 5.38 Å². The number of aromatic nitrogens is 1. The van der Waals surface area contributed by atoms with Gasteiger partial charge in [0.1, 0.15) is 5.69 Å². The second-order valence-corrected chi connectivity index (χ2v) is 4.52. The van der Waals surface area contributed by atoms with E-state index in [4.69, 9.17) is 11.5 Å². The number of nitrogens with one attached hydrogen (secondary N) is 1. The van der Waals surface area contributed by atoms with E-state index in [-0.39, 0.29) is 29.9 Å². The minimum absolute atomic E-state index is 0. The highest BCUT2D eigenvalue weighted by atomic mass is 35.5. The Labute approximate surface area is 109 Å². The number of rotatable bonds is 4. The van der Waals surface area contributed by atoms with Crippen molar-refractivity contribution in [3.05, 3.63) is 11.1 Å². The standard InChI is InChI=1S/C9H14N4O2S.ClH/c1-4(2)6(10)8(15)13-9-12-5(3-16-9)7(11)14;/h3-4,6H,10H2,1-2H3,(H2,11,14)(H,12,13,15);1H/t6-;/m0./s1. The molecule has 0 aliphatic carbocycles. The van der Waals surface area contributed by atoms with E-state index in [0.717, 1.165) is 11.3 Å². The normalized spacial score (nSPS) is 11.8. The largest absolute Gasteiger partial charge is 0.364 e. The molecule has 0 unspecified atom stereocenters. The molecule has 0 radical (unpaired) electrons. The number of halogens is 1. The predicted octanol–water partition coefficient (Wildman–Crippen LogP) is 0.586. The summed E-state index contributed by atoms with van der Waals surface area (Å²) in [5.41, 5.74) is 10.8. The molecule has 0 aromatic carbocycles. The first-order chi connectivity index (χ1) is 7.41. The second-order valence-electron chi connectivity index (χ2n) is 3.66. The molecule has 1 atom stereocenters. The number of hydrogen-bond donors (Lipinski definition) is 3. The zero-order chi connectivity index (χ0) is 12.3. The van der Waals surface area contributed by atoms with E-state index < -0.39 is 11.9 Å². The second kappa shape index (κ2) is 6.53. The molecule has 0 saturated carbocycles.